The van der Waals surface area contributed by atoms with Gasteiger partial charge < -0.3 is 5.32 Å². The number of hydrogen-bond donors (Lipinski definition) is 1. The molecule has 1 atom stereocenters. The van der Waals surface area contributed by atoms with Crippen molar-refractivity contribution in [1.82, 2.24) is 9.78 Å². The summed E-state index contributed by atoms with van der Waals surface area (Å²) in [5, 5.41) is 7.20. The molecule has 96 valence electrons. The zero-order valence-electron chi connectivity index (χ0n) is 10.3. The summed E-state index contributed by atoms with van der Waals surface area (Å²) in [6.07, 6.45) is 3.49. The van der Waals surface area contributed by atoms with Crippen LogP contribution in [0.2, 0.25) is 0 Å². The Morgan fingerprint density at radius 1 is 1.39 bits per heavy atom. The van der Waals surface area contributed by atoms with Gasteiger partial charge in [0.15, 0.2) is 0 Å². The zero-order valence-corrected chi connectivity index (χ0v) is 10.3. The van der Waals surface area contributed by atoms with Gasteiger partial charge in [0.2, 0.25) is 0 Å². The Morgan fingerprint density at radius 3 is 2.83 bits per heavy atom. The SMILES string of the molecule is CCn1cc(NC(C)c2cc(F)ccc2F)cn1. The van der Waals surface area contributed by atoms with Crippen LogP contribution in [-0.4, -0.2) is 9.78 Å². The predicted octanol–water partition coefficient (Wildman–Crippen LogP) is 3.35. The van der Waals surface area contributed by atoms with Crippen LogP contribution in [0.25, 0.3) is 0 Å². The second-order valence-electron chi connectivity index (χ2n) is 4.12. The lowest BCUT2D eigenvalue weighted by atomic mass is 10.1. The van der Waals surface area contributed by atoms with Gasteiger partial charge in [0, 0.05) is 18.3 Å². The minimum absolute atomic E-state index is 0.305. The van der Waals surface area contributed by atoms with Gasteiger partial charge in [-0.15, -0.1) is 0 Å². The monoisotopic (exact) mass is 251 g/mol. The molecule has 1 N–H and O–H groups in total. The van der Waals surface area contributed by atoms with Gasteiger partial charge in [0.25, 0.3) is 0 Å². The normalized spacial score (nSPS) is 12.4. The lowest BCUT2D eigenvalue weighted by Crippen LogP contribution is -2.08. The number of aryl methyl sites for hydroxylation is 1. The smallest absolute Gasteiger partial charge is 0.128 e. The van der Waals surface area contributed by atoms with E-state index in [1.807, 2.05) is 13.1 Å². The van der Waals surface area contributed by atoms with E-state index in [2.05, 4.69) is 10.4 Å². The summed E-state index contributed by atoms with van der Waals surface area (Å²) in [6, 6.07) is 3.13. The lowest BCUT2D eigenvalue weighted by Gasteiger charge is -2.14. The summed E-state index contributed by atoms with van der Waals surface area (Å²) in [5.74, 6) is -0.858. The standard InChI is InChI=1S/C13H15F2N3/c1-3-18-8-11(7-16-18)17-9(2)12-6-10(14)4-5-13(12)15/h4-9,17H,3H2,1-2H3. The number of aromatic nitrogens is 2. The van der Waals surface area contributed by atoms with Crippen LogP contribution < -0.4 is 5.32 Å². The molecule has 0 spiro atoms. The van der Waals surface area contributed by atoms with Gasteiger partial charge in [-0.1, -0.05) is 0 Å². The van der Waals surface area contributed by atoms with E-state index in [0.29, 0.717) is 5.56 Å². The number of nitrogens with zero attached hydrogens (tertiary/aromatic N) is 2. The lowest BCUT2D eigenvalue weighted by molar-refractivity contribution is 0.577. The summed E-state index contributed by atoms with van der Waals surface area (Å²) in [5.41, 5.74) is 1.09. The van der Waals surface area contributed by atoms with E-state index < -0.39 is 11.6 Å². The number of benzene rings is 1. The van der Waals surface area contributed by atoms with Crippen molar-refractivity contribution in [1.29, 1.82) is 0 Å². The maximum Gasteiger partial charge on any atom is 0.128 e. The van der Waals surface area contributed by atoms with Crippen LogP contribution in [0.1, 0.15) is 25.5 Å². The molecule has 0 fully saturated rings. The molecule has 5 heteroatoms. The topological polar surface area (TPSA) is 29.9 Å². The van der Waals surface area contributed by atoms with Gasteiger partial charge >= 0.3 is 0 Å². The molecule has 0 aliphatic heterocycles. The number of hydrogen-bond acceptors (Lipinski definition) is 2. The van der Waals surface area contributed by atoms with Crippen LogP contribution in [0.3, 0.4) is 0 Å². The highest BCUT2D eigenvalue weighted by molar-refractivity contribution is 5.41. The van der Waals surface area contributed by atoms with Gasteiger partial charge in [0.05, 0.1) is 17.9 Å². The fraction of sp³-hybridized carbons (Fsp3) is 0.308. The molecule has 0 amide bonds. The van der Waals surface area contributed by atoms with Crippen molar-refractivity contribution < 1.29 is 8.78 Å². The third-order valence-corrected chi connectivity index (χ3v) is 2.76. The Kier molecular flexibility index (Phi) is 3.60. The molecular weight excluding hydrogens is 236 g/mol. The maximum atomic E-state index is 13.6. The minimum Gasteiger partial charge on any atom is -0.376 e. The summed E-state index contributed by atoms with van der Waals surface area (Å²) >= 11 is 0. The second kappa shape index (κ2) is 5.16. The van der Waals surface area contributed by atoms with Gasteiger partial charge in [-0.3, -0.25) is 4.68 Å². The van der Waals surface area contributed by atoms with E-state index in [1.165, 1.54) is 6.07 Å². The van der Waals surface area contributed by atoms with Gasteiger partial charge in [-0.25, -0.2) is 8.78 Å². The first-order valence-electron chi connectivity index (χ1n) is 5.84. The summed E-state index contributed by atoms with van der Waals surface area (Å²) < 4.78 is 28.4. The Labute approximate surface area is 104 Å². The van der Waals surface area contributed by atoms with E-state index in [0.717, 1.165) is 24.4 Å². The largest absolute Gasteiger partial charge is 0.376 e. The van der Waals surface area contributed by atoms with Crippen molar-refractivity contribution >= 4 is 5.69 Å². The summed E-state index contributed by atoms with van der Waals surface area (Å²) in [7, 11) is 0. The summed E-state index contributed by atoms with van der Waals surface area (Å²) in [6.45, 7) is 4.53. The molecule has 1 aromatic carbocycles. The van der Waals surface area contributed by atoms with Gasteiger partial charge in [-0.05, 0) is 32.0 Å². The molecule has 3 nitrogen and oxygen atoms in total. The van der Waals surface area contributed by atoms with Gasteiger partial charge in [-0.2, -0.15) is 5.10 Å². The van der Waals surface area contributed by atoms with Crippen LogP contribution in [-0.2, 0) is 6.54 Å². The van der Waals surface area contributed by atoms with E-state index in [-0.39, 0.29) is 6.04 Å². The highest BCUT2D eigenvalue weighted by Gasteiger charge is 2.12. The number of rotatable bonds is 4. The molecule has 0 aliphatic rings. The molecule has 2 rings (SSSR count). The van der Waals surface area contributed by atoms with Crippen molar-refractivity contribution in [3.05, 3.63) is 47.8 Å². The molecule has 0 saturated carbocycles. The molecule has 0 saturated heterocycles. The molecule has 0 bridgehead atoms. The molecule has 2 aromatic rings. The second-order valence-corrected chi connectivity index (χ2v) is 4.12. The third-order valence-electron chi connectivity index (χ3n) is 2.76. The van der Waals surface area contributed by atoms with Gasteiger partial charge in [0.1, 0.15) is 11.6 Å². The minimum atomic E-state index is -0.440. The van der Waals surface area contributed by atoms with Crippen molar-refractivity contribution in [2.45, 2.75) is 26.4 Å². The Morgan fingerprint density at radius 2 is 2.17 bits per heavy atom. The molecular formula is C13H15F2N3. The average molecular weight is 251 g/mol. The van der Waals surface area contributed by atoms with Crippen LogP contribution in [0.4, 0.5) is 14.5 Å². The summed E-state index contributed by atoms with van der Waals surface area (Å²) in [4.78, 5) is 0. The Balaban J connectivity index is 2.16. The highest BCUT2D eigenvalue weighted by Crippen LogP contribution is 2.22. The number of anilines is 1. The predicted molar refractivity (Wildman–Crippen MR) is 66.3 cm³/mol. The molecule has 1 aromatic heterocycles. The van der Waals surface area contributed by atoms with E-state index >= 15 is 0 Å². The first-order valence-corrected chi connectivity index (χ1v) is 5.84. The highest BCUT2D eigenvalue weighted by atomic mass is 19.1. The van der Waals surface area contributed by atoms with Crippen molar-refractivity contribution in [2.75, 3.05) is 5.32 Å². The van der Waals surface area contributed by atoms with E-state index in [9.17, 15) is 8.78 Å². The average Bonchev–Trinajstić information content (AvgIpc) is 2.80. The van der Waals surface area contributed by atoms with Crippen molar-refractivity contribution in [3.63, 3.8) is 0 Å². The van der Waals surface area contributed by atoms with Crippen LogP contribution in [0.5, 0.6) is 0 Å². The van der Waals surface area contributed by atoms with Crippen LogP contribution in [0.15, 0.2) is 30.6 Å². The Hall–Kier alpha value is -1.91. The Bertz CT molecular complexity index is 537. The molecule has 0 radical (unpaired) electrons. The first-order chi connectivity index (χ1) is 8.60. The maximum absolute atomic E-state index is 13.6. The molecule has 0 aliphatic carbocycles. The van der Waals surface area contributed by atoms with Crippen molar-refractivity contribution in [2.24, 2.45) is 0 Å². The van der Waals surface area contributed by atoms with E-state index in [4.69, 9.17) is 0 Å². The molecule has 1 heterocycles. The van der Waals surface area contributed by atoms with E-state index in [1.54, 1.807) is 17.8 Å². The fourth-order valence-corrected chi connectivity index (χ4v) is 1.79. The zero-order chi connectivity index (χ0) is 13.1. The van der Waals surface area contributed by atoms with Crippen LogP contribution in [0, 0.1) is 11.6 Å². The quantitative estimate of drug-likeness (QED) is 0.903. The number of nitrogens with one attached hydrogen (secondary N) is 1. The molecule has 1 unspecified atom stereocenters. The third kappa shape index (κ3) is 2.67. The first kappa shape index (κ1) is 12.5. The van der Waals surface area contributed by atoms with Crippen molar-refractivity contribution in [3.8, 4) is 0 Å². The molecule has 18 heavy (non-hydrogen) atoms. The fourth-order valence-electron chi connectivity index (χ4n) is 1.79. The number of halogens is 2. The van der Waals surface area contributed by atoms with Crippen LogP contribution >= 0.6 is 0 Å².